The van der Waals surface area contributed by atoms with Crippen molar-refractivity contribution < 1.29 is 17.5 Å². The number of sulfonamides is 1. The lowest BCUT2D eigenvalue weighted by Crippen LogP contribution is -2.57. The Hall–Kier alpha value is -1.53. The first-order chi connectivity index (χ1) is 12.4. The summed E-state index contributed by atoms with van der Waals surface area (Å²) in [6.07, 6.45) is 3.12. The maximum atomic E-state index is 13.6. The number of morpholine rings is 1. The van der Waals surface area contributed by atoms with E-state index in [0.717, 1.165) is 57.7 Å². The van der Waals surface area contributed by atoms with E-state index in [1.54, 1.807) is 0 Å². The van der Waals surface area contributed by atoms with Crippen LogP contribution in [0.25, 0.3) is 0 Å². The average Bonchev–Trinajstić information content (AvgIpc) is 3.06. The first kappa shape index (κ1) is 17.9. The van der Waals surface area contributed by atoms with Gasteiger partial charge in [0.25, 0.3) is 0 Å². The SMILES string of the molecule is N#Cc1cc(F)cc(S(=O)(=O)N2CC3(CCC(N4CCOCC4)C3)C2)c1. The molecule has 1 aromatic rings. The van der Waals surface area contributed by atoms with Gasteiger partial charge in [0.15, 0.2) is 0 Å². The molecule has 1 unspecified atom stereocenters. The Morgan fingerprint density at radius 1 is 1.23 bits per heavy atom. The van der Waals surface area contributed by atoms with Gasteiger partial charge in [-0.2, -0.15) is 9.57 Å². The smallest absolute Gasteiger partial charge is 0.243 e. The summed E-state index contributed by atoms with van der Waals surface area (Å²) in [5, 5.41) is 8.94. The van der Waals surface area contributed by atoms with Gasteiger partial charge in [-0.25, -0.2) is 12.8 Å². The molecule has 0 aromatic heterocycles. The lowest BCUT2D eigenvalue weighted by molar-refractivity contribution is 0.00815. The zero-order valence-electron chi connectivity index (χ0n) is 14.5. The van der Waals surface area contributed by atoms with Gasteiger partial charge in [0, 0.05) is 32.2 Å². The van der Waals surface area contributed by atoms with Crippen molar-refractivity contribution in [3.8, 4) is 6.07 Å². The molecule has 1 aliphatic carbocycles. The predicted octanol–water partition coefficient (Wildman–Crippen LogP) is 1.57. The Kier molecular flexibility index (Phi) is 4.51. The van der Waals surface area contributed by atoms with Crippen LogP contribution in [0.4, 0.5) is 4.39 Å². The molecule has 1 aromatic carbocycles. The molecule has 4 rings (SSSR count). The molecule has 3 aliphatic rings. The number of hydrogen-bond acceptors (Lipinski definition) is 5. The van der Waals surface area contributed by atoms with Crippen LogP contribution in [0.1, 0.15) is 24.8 Å². The van der Waals surface area contributed by atoms with Gasteiger partial charge in [0.2, 0.25) is 10.0 Å². The second-order valence-corrected chi connectivity index (χ2v) is 9.54. The third-order valence-corrected chi connectivity index (χ3v) is 7.67. The minimum Gasteiger partial charge on any atom is -0.379 e. The van der Waals surface area contributed by atoms with Gasteiger partial charge < -0.3 is 4.74 Å². The summed E-state index contributed by atoms with van der Waals surface area (Å²) in [7, 11) is -3.75. The van der Waals surface area contributed by atoms with E-state index >= 15 is 0 Å². The van der Waals surface area contributed by atoms with Gasteiger partial charge in [0.05, 0.1) is 29.7 Å². The molecule has 6 nitrogen and oxygen atoms in total. The molecule has 0 bridgehead atoms. The van der Waals surface area contributed by atoms with E-state index in [1.807, 2.05) is 6.07 Å². The highest BCUT2D eigenvalue weighted by Crippen LogP contribution is 2.48. The van der Waals surface area contributed by atoms with Crippen molar-refractivity contribution in [2.75, 3.05) is 39.4 Å². The molecule has 2 saturated heterocycles. The standard InChI is InChI=1S/C18H22FN3O3S/c19-15-7-14(11-20)8-17(9-15)26(23,24)22-12-18(13-22)2-1-16(10-18)21-3-5-25-6-4-21/h7-9,16H,1-6,10,12-13H2. The second-order valence-electron chi connectivity index (χ2n) is 7.61. The molecule has 2 heterocycles. The van der Waals surface area contributed by atoms with E-state index in [2.05, 4.69) is 4.90 Å². The molecule has 26 heavy (non-hydrogen) atoms. The van der Waals surface area contributed by atoms with Gasteiger partial charge in [-0.1, -0.05) is 0 Å². The molecule has 140 valence electrons. The first-order valence-corrected chi connectivity index (χ1v) is 10.4. The Bertz CT molecular complexity index is 840. The largest absolute Gasteiger partial charge is 0.379 e. The Morgan fingerprint density at radius 2 is 1.96 bits per heavy atom. The number of halogens is 1. The summed E-state index contributed by atoms with van der Waals surface area (Å²) < 4.78 is 46.0. The molecule has 0 radical (unpaired) electrons. The zero-order chi connectivity index (χ0) is 18.4. The third-order valence-electron chi connectivity index (χ3n) is 5.90. The van der Waals surface area contributed by atoms with E-state index in [9.17, 15) is 12.8 Å². The molecule has 1 atom stereocenters. The molecule has 2 aliphatic heterocycles. The molecular formula is C18H22FN3O3S. The van der Waals surface area contributed by atoms with Crippen molar-refractivity contribution in [3.05, 3.63) is 29.6 Å². The predicted molar refractivity (Wildman–Crippen MR) is 92.3 cm³/mol. The number of benzene rings is 1. The van der Waals surface area contributed by atoms with Crippen LogP contribution in [-0.4, -0.2) is 63.1 Å². The van der Waals surface area contributed by atoms with Gasteiger partial charge in [-0.15, -0.1) is 0 Å². The third kappa shape index (κ3) is 3.14. The van der Waals surface area contributed by atoms with E-state index in [1.165, 1.54) is 10.4 Å². The lowest BCUT2D eigenvalue weighted by atomic mass is 9.80. The van der Waals surface area contributed by atoms with Crippen LogP contribution >= 0.6 is 0 Å². The van der Waals surface area contributed by atoms with E-state index in [-0.39, 0.29) is 15.9 Å². The van der Waals surface area contributed by atoms with E-state index in [0.29, 0.717) is 19.1 Å². The minimum absolute atomic E-state index is 0.0204. The summed E-state index contributed by atoms with van der Waals surface area (Å²) in [5.41, 5.74) is 0.0635. The minimum atomic E-state index is -3.75. The van der Waals surface area contributed by atoms with Crippen LogP contribution in [0.3, 0.4) is 0 Å². The number of nitrogens with zero attached hydrogens (tertiary/aromatic N) is 3. The van der Waals surface area contributed by atoms with Gasteiger partial charge in [-0.05, 0) is 42.9 Å². The van der Waals surface area contributed by atoms with Crippen LogP contribution in [0, 0.1) is 22.6 Å². The Labute approximate surface area is 153 Å². The fourth-order valence-electron chi connectivity index (χ4n) is 4.52. The van der Waals surface area contributed by atoms with Crippen LogP contribution in [-0.2, 0) is 14.8 Å². The number of rotatable bonds is 3. The quantitative estimate of drug-likeness (QED) is 0.797. The van der Waals surface area contributed by atoms with Crippen molar-refractivity contribution in [3.63, 3.8) is 0 Å². The summed E-state index contributed by atoms with van der Waals surface area (Å²) in [4.78, 5) is 2.33. The van der Waals surface area contributed by atoms with Crippen LogP contribution in [0.5, 0.6) is 0 Å². The molecule has 8 heteroatoms. The normalized spacial score (nSPS) is 26.5. The lowest BCUT2D eigenvalue weighted by Gasteiger charge is -2.47. The highest BCUT2D eigenvalue weighted by atomic mass is 32.2. The average molecular weight is 379 g/mol. The van der Waals surface area contributed by atoms with Crippen LogP contribution in [0.15, 0.2) is 23.1 Å². The monoisotopic (exact) mass is 379 g/mol. The fourth-order valence-corrected chi connectivity index (χ4v) is 6.24. The zero-order valence-corrected chi connectivity index (χ0v) is 15.3. The second kappa shape index (κ2) is 6.57. The van der Waals surface area contributed by atoms with Gasteiger partial charge in [0.1, 0.15) is 5.82 Å². The summed E-state index contributed by atoms with van der Waals surface area (Å²) in [6.45, 7) is 4.39. The molecule has 3 fully saturated rings. The summed E-state index contributed by atoms with van der Waals surface area (Å²) in [5.74, 6) is -0.703. The van der Waals surface area contributed by atoms with Crippen molar-refractivity contribution in [1.82, 2.24) is 9.21 Å². The maximum absolute atomic E-state index is 13.6. The first-order valence-electron chi connectivity index (χ1n) is 8.95. The summed E-state index contributed by atoms with van der Waals surface area (Å²) >= 11 is 0. The van der Waals surface area contributed by atoms with E-state index < -0.39 is 15.8 Å². The fraction of sp³-hybridized carbons (Fsp3) is 0.611. The molecule has 1 saturated carbocycles. The topological polar surface area (TPSA) is 73.6 Å². The number of hydrogen-bond donors (Lipinski definition) is 0. The van der Waals surface area contributed by atoms with Crippen LogP contribution < -0.4 is 0 Å². The highest BCUT2D eigenvalue weighted by molar-refractivity contribution is 7.89. The summed E-state index contributed by atoms with van der Waals surface area (Å²) in [6, 6.07) is 5.59. The van der Waals surface area contributed by atoms with Gasteiger partial charge in [-0.3, -0.25) is 4.90 Å². The van der Waals surface area contributed by atoms with Gasteiger partial charge >= 0.3 is 0 Å². The molecular weight excluding hydrogens is 357 g/mol. The van der Waals surface area contributed by atoms with Crippen molar-refractivity contribution >= 4 is 10.0 Å². The van der Waals surface area contributed by atoms with Crippen molar-refractivity contribution in [2.45, 2.75) is 30.2 Å². The van der Waals surface area contributed by atoms with Crippen LogP contribution in [0.2, 0.25) is 0 Å². The number of ether oxygens (including phenoxy) is 1. The van der Waals surface area contributed by atoms with Crippen molar-refractivity contribution in [2.24, 2.45) is 5.41 Å². The number of nitriles is 1. The molecule has 0 N–H and O–H groups in total. The molecule has 0 amide bonds. The maximum Gasteiger partial charge on any atom is 0.243 e. The van der Waals surface area contributed by atoms with Crippen molar-refractivity contribution in [1.29, 1.82) is 5.26 Å². The Morgan fingerprint density at radius 3 is 2.65 bits per heavy atom. The Balaban J connectivity index is 1.44. The molecule has 1 spiro atoms. The van der Waals surface area contributed by atoms with E-state index in [4.69, 9.17) is 10.00 Å². The highest BCUT2D eigenvalue weighted by Gasteiger charge is 2.52.